The van der Waals surface area contributed by atoms with Crippen LogP contribution in [0.5, 0.6) is 0 Å². The lowest BCUT2D eigenvalue weighted by Crippen LogP contribution is -2.49. The van der Waals surface area contributed by atoms with Crippen molar-refractivity contribution in [2.45, 2.75) is 13.3 Å². The van der Waals surface area contributed by atoms with Gasteiger partial charge in [0.05, 0.1) is 22.2 Å². The second kappa shape index (κ2) is 10.5. The first-order chi connectivity index (χ1) is 18.5. The molecule has 0 saturated carbocycles. The molecule has 188 valence electrons. The smallest absolute Gasteiger partial charge is 0.272 e. The van der Waals surface area contributed by atoms with E-state index in [1.54, 1.807) is 48.2 Å². The molecular weight excluding hydrogens is 483 g/mol. The number of hydrogen-bond acceptors (Lipinski definition) is 6. The van der Waals surface area contributed by atoms with Crippen LogP contribution < -0.4 is 10.5 Å². The van der Waals surface area contributed by atoms with Gasteiger partial charge in [-0.2, -0.15) is 10.4 Å². The number of fused-ring (bicyclic) bond motifs is 1. The largest absolute Gasteiger partial charge is 0.353 e. The lowest BCUT2D eigenvalue weighted by Gasteiger charge is -2.35. The first kappa shape index (κ1) is 24.7. The summed E-state index contributed by atoms with van der Waals surface area (Å²) in [5, 5.41) is 16.9. The van der Waals surface area contributed by atoms with Gasteiger partial charge < -0.3 is 9.80 Å². The summed E-state index contributed by atoms with van der Waals surface area (Å²) in [4.78, 5) is 33.5. The molecule has 0 unspecified atom stereocenters. The second-order valence-corrected chi connectivity index (χ2v) is 8.92. The van der Waals surface area contributed by atoms with Crippen LogP contribution in [-0.2, 0) is 6.42 Å². The van der Waals surface area contributed by atoms with Crippen LogP contribution in [0.1, 0.15) is 39.7 Å². The zero-order chi connectivity index (χ0) is 26.6. The molecule has 2 aromatic carbocycles. The van der Waals surface area contributed by atoms with Crippen LogP contribution in [0.25, 0.3) is 10.8 Å². The summed E-state index contributed by atoms with van der Waals surface area (Å²) in [6, 6.07) is 15.3. The summed E-state index contributed by atoms with van der Waals surface area (Å²) < 4.78 is 14.8. The predicted molar refractivity (Wildman–Crippen MR) is 141 cm³/mol. The van der Waals surface area contributed by atoms with Crippen molar-refractivity contribution in [3.63, 3.8) is 0 Å². The van der Waals surface area contributed by atoms with E-state index in [2.05, 4.69) is 27.0 Å². The van der Waals surface area contributed by atoms with Gasteiger partial charge in [-0.15, -0.1) is 5.92 Å². The Balaban J connectivity index is 1.35. The number of halogens is 1. The number of H-pyrrole nitrogens is 1. The van der Waals surface area contributed by atoms with Crippen LogP contribution in [0.2, 0.25) is 0 Å². The van der Waals surface area contributed by atoms with Crippen LogP contribution in [0, 0.1) is 29.0 Å². The average molecular weight is 507 g/mol. The zero-order valence-electron chi connectivity index (χ0n) is 20.7. The SMILES string of the molecule is CC#Cc1ccc2c(=O)[nH]nc(Cc3ccc(F)c(C(=O)N4CCN(c5ccc(C#N)cn5)CC4)c3)c2c1. The average Bonchev–Trinajstić information content (AvgIpc) is 2.95. The fourth-order valence-corrected chi connectivity index (χ4v) is 4.56. The molecule has 1 aliphatic heterocycles. The number of nitrogens with zero attached hydrogens (tertiary/aromatic N) is 5. The van der Waals surface area contributed by atoms with Gasteiger partial charge in [0, 0.05) is 49.7 Å². The predicted octanol–water partition coefficient (Wildman–Crippen LogP) is 3.25. The lowest BCUT2D eigenvalue weighted by molar-refractivity contribution is 0.0741. The minimum absolute atomic E-state index is 0.00119. The van der Waals surface area contributed by atoms with Gasteiger partial charge >= 0.3 is 0 Å². The maximum atomic E-state index is 14.8. The third-order valence-corrected chi connectivity index (χ3v) is 6.54. The van der Waals surface area contributed by atoms with Crippen LogP contribution in [0.15, 0.2) is 59.5 Å². The summed E-state index contributed by atoms with van der Waals surface area (Å²) in [6.07, 6.45) is 1.82. The maximum absolute atomic E-state index is 14.8. The van der Waals surface area contributed by atoms with Gasteiger partial charge in [0.15, 0.2) is 0 Å². The van der Waals surface area contributed by atoms with Crippen molar-refractivity contribution in [1.82, 2.24) is 20.1 Å². The molecule has 0 radical (unpaired) electrons. The molecule has 1 fully saturated rings. The first-order valence-corrected chi connectivity index (χ1v) is 12.1. The number of carbonyl (C=O) groups is 1. The third-order valence-electron chi connectivity index (χ3n) is 6.54. The highest BCUT2D eigenvalue weighted by Gasteiger charge is 2.25. The van der Waals surface area contributed by atoms with Crippen molar-refractivity contribution in [2.75, 3.05) is 31.1 Å². The van der Waals surface area contributed by atoms with Crippen molar-refractivity contribution in [3.05, 3.63) is 98.8 Å². The Morgan fingerprint density at radius 2 is 1.84 bits per heavy atom. The lowest BCUT2D eigenvalue weighted by atomic mass is 10.0. The number of carbonyl (C=O) groups excluding carboxylic acids is 1. The van der Waals surface area contributed by atoms with Crippen molar-refractivity contribution < 1.29 is 9.18 Å². The number of nitriles is 1. The van der Waals surface area contributed by atoms with E-state index >= 15 is 0 Å². The van der Waals surface area contributed by atoms with Gasteiger partial charge in [0.1, 0.15) is 17.7 Å². The van der Waals surface area contributed by atoms with Gasteiger partial charge in [-0.25, -0.2) is 14.5 Å². The fourth-order valence-electron chi connectivity index (χ4n) is 4.56. The monoisotopic (exact) mass is 506 g/mol. The maximum Gasteiger partial charge on any atom is 0.272 e. The van der Waals surface area contributed by atoms with E-state index in [0.717, 1.165) is 11.4 Å². The normalized spacial score (nSPS) is 13.1. The van der Waals surface area contributed by atoms with Crippen LogP contribution in [-0.4, -0.2) is 52.2 Å². The second-order valence-electron chi connectivity index (χ2n) is 8.92. The van der Waals surface area contributed by atoms with Crippen molar-refractivity contribution in [1.29, 1.82) is 5.26 Å². The molecule has 0 atom stereocenters. The number of rotatable bonds is 4. The van der Waals surface area contributed by atoms with E-state index in [4.69, 9.17) is 5.26 Å². The summed E-state index contributed by atoms with van der Waals surface area (Å²) in [7, 11) is 0. The number of aromatic amines is 1. The molecular formula is C29H23FN6O2. The Bertz CT molecular complexity index is 1690. The number of anilines is 1. The molecule has 1 saturated heterocycles. The summed E-state index contributed by atoms with van der Waals surface area (Å²) in [6.45, 7) is 3.65. The van der Waals surface area contributed by atoms with E-state index < -0.39 is 5.82 Å². The minimum Gasteiger partial charge on any atom is -0.353 e. The van der Waals surface area contributed by atoms with Gasteiger partial charge in [0.2, 0.25) is 0 Å². The Hall–Kier alpha value is -5.02. The number of hydrogen-bond donors (Lipinski definition) is 1. The summed E-state index contributed by atoms with van der Waals surface area (Å²) in [5.41, 5.74) is 2.25. The number of piperazine rings is 1. The Morgan fingerprint density at radius 1 is 1.05 bits per heavy atom. The van der Waals surface area contributed by atoms with E-state index in [0.29, 0.717) is 60.2 Å². The highest BCUT2D eigenvalue weighted by atomic mass is 19.1. The Labute approximate surface area is 218 Å². The topological polar surface area (TPSA) is 106 Å². The molecule has 2 aromatic heterocycles. The molecule has 1 N–H and O–H groups in total. The highest BCUT2D eigenvalue weighted by Crippen LogP contribution is 2.22. The number of nitrogens with one attached hydrogen (secondary N) is 1. The van der Waals surface area contributed by atoms with Gasteiger partial charge in [-0.05, 0) is 55.0 Å². The highest BCUT2D eigenvalue weighted by molar-refractivity contribution is 5.95. The molecule has 1 amide bonds. The molecule has 38 heavy (non-hydrogen) atoms. The Morgan fingerprint density at radius 3 is 2.55 bits per heavy atom. The number of pyridine rings is 1. The summed E-state index contributed by atoms with van der Waals surface area (Å²) in [5.74, 6) is 5.60. The van der Waals surface area contributed by atoms with Crippen molar-refractivity contribution in [2.24, 2.45) is 0 Å². The van der Waals surface area contributed by atoms with E-state index in [9.17, 15) is 14.0 Å². The first-order valence-electron chi connectivity index (χ1n) is 12.1. The fraction of sp³-hybridized carbons (Fsp3) is 0.207. The Kier molecular flexibility index (Phi) is 6.84. The minimum atomic E-state index is -0.588. The number of benzene rings is 2. The van der Waals surface area contributed by atoms with Crippen LogP contribution in [0.4, 0.5) is 10.2 Å². The molecule has 0 bridgehead atoms. The van der Waals surface area contributed by atoms with Crippen molar-refractivity contribution >= 4 is 22.5 Å². The van der Waals surface area contributed by atoms with Crippen LogP contribution in [0.3, 0.4) is 0 Å². The molecule has 4 aromatic rings. The number of amides is 1. The molecule has 1 aliphatic rings. The summed E-state index contributed by atoms with van der Waals surface area (Å²) >= 11 is 0. The van der Waals surface area contributed by atoms with Crippen molar-refractivity contribution in [3.8, 4) is 17.9 Å². The van der Waals surface area contributed by atoms with E-state index in [1.165, 1.54) is 12.3 Å². The molecule has 5 rings (SSSR count). The molecule has 8 nitrogen and oxygen atoms in total. The molecule has 9 heteroatoms. The van der Waals surface area contributed by atoms with Crippen LogP contribution >= 0.6 is 0 Å². The molecule has 0 spiro atoms. The molecule has 3 heterocycles. The van der Waals surface area contributed by atoms with E-state index in [-0.39, 0.29) is 17.0 Å². The molecule has 0 aliphatic carbocycles. The third kappa shape index (κ3) is 4.95. The standard InChI is InChI=1S/C29H23FN6O2/c1-2-3-19-4-7-22-23(14-19)26(33-34-28(22)37)16-20-5-8-25(30)24(15-20)29(38)36-12-10-35(11-13-36)27-9-6-21(17-31)18-32-27/h4-9,14-15,18H,10-13,16H2,1H3,(H,34,37). The number of aromatic nitrogens is 3. The van der Waals surface area contributed by atoms with E-state index in [1.807, 2.05) is 17.0 Å². The quantitative estimate of drug-likeness (QED) is 0.426. The van der Waals surface area contributed by atoms with Gasteiger partial charge in [0.25, 0.3) is 11.5 Å². The van der Waals surface area contributed by atoms with Gasteiger partial charge in [-0.3, -0.25) is 9.59 Å². The van der Waals surface area contributed by atoms with Gasteiger partial charge in [-0.1, -0.05) is 12.0 Å². The zero-order valence-corrected chi connectivity index (χ0v) is 20.7.